The summed E-state index contributed by atoms with van der Waals surface area (Å²) >= 11 is 0. The SMILES string of the molecule is BP1(=O)OC[C@@]2(C)C[C@@H](C)C(C)(C)[C@@H]2OP(B)(=O)OC[C@@]2(C)C[C@@H](C)[C@H](O1)C2(C)C. The maximum Gasteiger partial charge on any atom is 0.270 e. The quantitative estimate of drug-likeness (QED) is 0.394. The molecule has 30 heavy (non-hydrogen) atoms. The fraction of sp³-hybridized carbons (Fsp3) is 1.00. The summed E-state index contributed by atoms with van der Waals surface area (Å²) in [5.41, 5.74) is -1.28. The van der Waals surface area contributed by atoms with E-state index in [0.29, 0.717) is 12.5 Å². The minimum Gasteiger partial charge on any atom is -0.316 e. The highest BCUT2D eigenvalue weighted by Crippen LogP contribution is 2.65. The van der Waals surface area contributed by atoms with Crippen LogP contribution in [0.1, 0.15) is 68.2 Å². The fourth-order valence-corrected chi connectivity index (χ4v) is 9.19. The third-order valence-electron chi connectivity index (χ3n) is 8.76. The predicted octanol–water partition coefficient (Wildman–Crippen LogP) is 4.43. The van der Waals surface area contributed by atoms with Crippen LogP contribution in [0.5, 0.6) is 0 Å². The first-order valence-electron chi connectivity index (χ1n) is 11.2. The van der Waals surface area contributed by atoms with E-state index in [9.17, 15) is 9.13 Å². The Bertz CT molecular complexity index is 789. The summed E-state index contributed by atoms with van der Waals surface area (Å²) in [6.07, 6.45) is 1.08. The van der Waals surface area contributed by atoms with E-state index in [1.54, 1.807) is 15.1 Å². The van der Waals surface area contributed by atoms with Crippen molar-refractivity contribution >= 4 is 30.1 Å². The van der Waals surface area contributed by atoms with E-state index in [-0.39, 0.29) is 41.0 Å². The lowest BCUT2D eigenvalue weighted by molar-refractivity contribution is -0.0205. The summed E-state index contributed by atoms with van der Waals surface area (Å²) in [7, 11) is -3.45. The molecule has 0 aromatic carbocycles. The minimum absolute atomic E-state index is 0.180. The van der Waals surface area contributed by atoms with Crippen LogP contribution < -0.4 is 0 Å². The van der Waals surface area contributed by atoms with E-state index >= 15 is 0 Å². The summed E-state index contributed by atoms with van der Waals surface area (Å²) in [5.74, 6) is 0.508. The molecular formula is C20H40B2O6P2. The maximum absolute atomic E-state index is 13.5. The first-order valence-corrected chi connectivity index (χ1v) is 15.1. The zero-order valence-electron chi connectivity index (χ0n) is 20.5. The molecule has 172 valence electrons. The topological polar surface area (TPSA) is 71.1 Å². The van der Waals surface area contributed by atoms with Crippen molar-refractivity contribution in [3.8, 4) is 0 Å². The molecule has 8 atom stereocenters. The third kappa shape index (κ3) is 4.19. The van der Waals surface area contributed by atoms with Gasteiger partial charge in [-0.2, -0.15) is 0 Å². The van der Waals surface area contributed by atoms with Crippen LogP contribution in [0.25, 0.3) is 0 Å². The summed E-state index contributed by atoms with van der Waals surface area (Å²) in [5, 5.41) is 0. The molecule has 1 aliphatic heterocycles. The summed E-state index contributed by atoms with van der Waals surface area (Å²) in [6.45, 7) is 17.6. The van der Waals surface area contributed by atoms with E-state index in [2.05, 4.69) is 55.4 Å². The molecule has 2 bridgehead atoms. The number of hydrogen-bond donors (Lipinski definition) is 0. The van der Waals surface area contributed by atoms with Crippen molar-refractivity contribution < 1.29 is 27.2 Å². The van der Waals surface area contributed by atoms with E-state index in [1.807, 2.05) is 0 Å². The van der Waals surface area contributed by atoms with Crippen molar-refractivity contribution in [2.24, 2.45) is 33.5 Å². The van der Waals surface area contributed by atoms with Crippen LogP contribution in [0.3, 0.4) is 0 Å². The largest absolute Gasteiger partial charge is 0.316 e. The van der Waals surface area contributed by atoms with E-state index in [4.69, 9.17) is 18.1 Å². The van der Waals surface area contributed by atoms with Crippen molar-refractivity contribution in [3.05, 3.63) is 0 Å². The van der Waals surface area contributed by atoms with Crippen LogP contribution in [0, 0.1) is 33.5 Å². The number of fused-ring (bicyclic) bond motifs is 3. The monoisotopic (exact) mass is 460 g/mol. The highest BCUT2D eigenvalue weighted by molar-refractivity contribution is 7.79. The highest BCUT2D eigenvalue weighted by Gasteiger charge is 2.60. The molecule has 10 heteroatoms. The average Bonchev–Trinajstić information content (AvgIpc) is 2.85. The number of rotatable bonds is 0. The Kier molecular flexibility index (Phi) is 6.24. The molecule has 3 rings (SSSR count). The lowest BCUT2D eigenvalue weighted by Gasteiger charge is -2.42. The molecule has 0 aromatic heterocycles. The lowest BCUT2D eigenvalue weighted by atomic mass is 9.69. The van der Waals surface area contributed by atoms with Gasteiger partial charge in [0.2, 0.25) is 0 Å². The van der Waals surface area contributed by atoms with Gasteiger partial charge in [-0.15, -0.1) is 0 Å². The molecule has 0 N–H and O–H groups in total. The van der Waals surface area contributed by atoms with Crippen LogP contribution in [0.15, 0.2) is 0 Å². The normalized spacial score (nSPS) is 53.9. The second-order valence-electron chi connectivity index (χ2n) is 12.1. The van der Waals surface area contributed by atoms with Crippen LogP contribution in [0.4, 0.5) is 0 Å². The molecule has 6 nitrogen and oxygen atoms in total. The van der Waals surface area contributed by atoms with Gasteiger partial charge in [0.25, 0.3) is 30.1 Å². The molecule has 2 aliphatic carbocycles. The number of hydrogen-bond acceptors (Lipinski definition) is 6. The summed E-state index contributed by atoms with van der Waals surface area (Å²) in [6, 6.07) is 0. The molecule has 0 radical (unpaired) electrons. The minimum atomic E-state index is -3.32. The summed E-state index contributed by atoms with van der Waals surface area (Å²) < 4.78 is 51.5. The van der Waals surface area contributed by atoms with E-state index < -0.39 is 20.4 Å². The van der Waals surface area contributed by atoms with Gasteiger partial charge in [-0.05, 0) is 40.9 Å². The van der Waals surface area contributed by atoms with Crippen LogP contribution in [-0.2, 0) is 27.2 Å². The zero-order chi connectivity index (χ0) is 23.0. The van der Waals surface area contributed by atoms with E-state index in [0.717, 1.165) is 12.8 Å². The molecule has 1 saturated heterocycles. The third-order valence-corrected chi connectivity index (χ3v) is 11.2. The van der Waals surface area contributed by atoms with Gasteiger partial charge in [0.1, 0.15) is 0 Å². The van der Waals surface area contributed by atoms with Crippen LogP contribution in [0.2, 0.25) is 0 Å². The van der Waals surface area contributed by atoms with Gasteiger partial charge in [0, 0.05) is 5.41 Å². The molecule has 1 heterocycles. The Labute approximate surface area is 184 Å². The second kappa shape index (κ2) is 7.47. The van der Waals surface area contributed by atoms with Gasteiger partial charge >= 0.3 is 0 Å². The van der Waals surface area contributed by atoms with Gasteiger partial charge in [-0.3, -0.25) is 9.13 Å². The fourth-order valence-electron chi connectivity index (χ4n) is 6.22. The van der Waals surface area contributed by atoms with Gasteiger partial charge in [0.15, 0.2) is 0 Å². The Morgan fingerprint density at radius 2 is 1.37 bits per heavy atom. The Morgan fingerprint density at radius 3 is 1.97 bits per heavy atom. The zero-order valence-corrected chi connectivity index (χ0v) is 22.3. The van der Waals surface area contributed by atoms with Crippen molar-refractivity contribution in [1.82, 2.24) is 0 Å². The molecule has 0 spiro atoms. The first-order chi connectivity index (χ1) is 13.4. The van der Waals surface area contributed by atoms with Crippen LogP contribution >= 0.6 is 14.9 Å². The van der Waals surface area contributed by atoms with Crippen LogP contribution in [-0.4, -0.2) is 40.6 Å². The Balaban J connectivity index is 2.03. The van der Waals surface area contributed by atoms with Crippen molar-refractivity contribution in [3.63, 3.8) is 0 Å². The Hall–Kier alpha value is 0.430. The van der Waals surface area contributed by atoms with Crippen molar-refractivity contribution in [2.45, 2.75) is 80.4 Å². The predicted molar refractivity (Wildman–Crippen MR) is 125 cm³/mol. The van der Waals surface area contributed by atoms with Gasteiger partial charge in [0.05, 0.1) is 25.4 Å². The molecule has 2 unspecified atom stereocenters. The average molecular weight is 460 g/mol. The first kappa shape index (κ1) is 25.1. The second-order valence-corrected chi connectivity index (χ2v) is 16.2. The molecule has 0 amide bonds. The van der Waals surface area contributed by atoms with Crippen molar-refractivity contribution in [1.29, 1.82) is 0 Å². The molecular weight excluding hydrogens is 420 g/mol. The standard InChI is InChI=1S/C20H40B2O6P2/c1-13-9-20(8)12-26-30(22,24)28-16-17(3,4)14(2)10-19(16,7)11-25-29(21,23)27-15(13)18(20,5)6/h13-16H,9-12,21-22H2,1-8H3/t13-,14-,15+,16+,19-,20-,29?,30?/m1/s1. The highest BCUT2D eigenvalue weighted by atomic mass is 31.2. The summed E-state index contributed by atoms with van der Waals surface area (Å²) in [4.78, 5) is 0. The molecule has 3 aliphatic rings. The Morgan fingerprint density at radius 1 is 0.833 bits per heavy atom. The van der Waals surface area contributed by atoms with Gasteiger partial charge in [-0.1, -0.05) is 55.4 Å². The van der Waals surface area contributed by atoms with Gasteiger partial charge < -0.3 is 18.1 Å². The van der Waals surface area contributed by atoms with E-state index in [1.165, 1.54) is 0 Å². The molecule has 3 fully saturated rings. The molecule has 2 saturated carbocycles. The lowest BCUT2D eigenvalue weighted by Crippen LogP contribution is -2.41. The maximum atomic E-state index is 13.5. The molecule has 0 aromatic rings. The van der Waals surface area contributed by atoms with Gasteiger partial charge in [-0.25, -0.2) is 0 Å². The smallest absolute Gasteiger partial charge is 0.270 e. The van der Waals surface area contributed by atoms with Crippen molar-refractivity contribution in [2.75, 3.05) is 13.2 Å².